The number of hydrogen-bond donors (Lipinski definition) is 0. The zero-order chi connectivity index (χ0) is 27.2. The van der Waals surface area contributed by atoms with Gasteiger partial charge in [-0.25, -0.2) is 4.98 Å². The molecule has 3 nitrogen and oxygen atoms in total. The van der Waals surface area contributed by atoms with Crippen molar-refractivity contribution in [1.29, 1.82) is 0 Å². The number of para-hydroxylation sites is 3. The molecule has 0 unspecified atom stereocenters. The molecule has 6 aromatic carbocycles. The lowest BCUT2D eigenvalue weighted by atomic mass is 9.94. The fourth-order valence-corrected chi connectivity index (χ4v) is 5.89. The smallest absolute Gasteiger partial charge is 0.145 e. The van der Waals surface area contributed by atoms with Gasteiger partial charge in [-0.15, -0.1) is 0 Å². The van der Waals surface area contributed by atoms with Crippen molar-refractivity contribution >= 4 is 32.7 Å². The van der Waals surface area contributed by atoms with Gasteiger partial charge in [0.2, 0.25) is 0 Å². The number of pyridine rings is 1. The van der Waals surface area contributed by atoms with Crippen LogP contribution in [0.3, 0.4) is 0 Å². The third-order valence-corrected chi connectivity index (χ3v) is 7.85. The van der Waals surface area contributed by atoms with Gasteiger partial charge in [-0.2, -0.15) is 0 Å². The summed E-state index contributed by atoms with van der Waals surface area (Å²) in [5, 5.41) is 3.55. The Labute approximate surface area is 238 Å². The van der Waals surface area contributed by atoms with Gasteiger partial charge in [0.05, 0.1) is 16.6 Å². The molecule has 0 aliphatic heterocycles. The molecule has 192 valence electrons. The summed E-state index contributed by atoms with van der Waals surface area (Å²) in [6, 6.07) is 51.3. The van der Waals surface area contributed by atoms with Crippen LogP contribution in [0.25, 0.3) is 72.0 Å². The Balaban J connectivity index is 1.20. The summed E-state index contributed by atoms with van der Waals surface area (Å²) < 4.78 is 2.24. The molecular formula is C38H25N3. The van der Waals surface area contributed by atoms with Crippen molar-refractivity contribution in [2.24, 2.45) is 0 Å². The van der Waals surface area contributed by atoms with Crippen molar-refractivity contribution < 1.29 is 0 Å². The number of fused-ring (bicyclic) bond motifs is 4. The van der Waals surface area contributed by atoms with Gasteiger partial charge >= 0.3 is 0 Å². The van der Waals surface area contributed by atoms with Crippen molar-refractivity contribution in [2.45, 2.75) is 0 Å². The standard InChI is InChI=1S/C38H25N3/c1-2-12-31(13-3-1)41-36-17-5-4-16-35(36)40-38(41)28-20-18-26(19-21-28)29-9-6-10-30(25-29)32-14-7-15-34-33(32)23-22-27-11-8-24-39-37(27)34/h1-25H. The predicted octanol–water partition coefficient (Wildman–Crippen LogP) is 9.73. The average Bonchev–Trinajstić information content (AvgIpc) is 3.45. The van der Waals surface area contributed by atoms with Crippen molar-refractivity contribution in [3.63, 3.8) is 0 Å². The summed E-state index contributed by atoms with van der Waals surface area (Å²) in [6.45, 7) is 0. The topological polar surface area (TPSA) is 30.7 Å². The van der Waals surface area contributed by atoms with Crippen LogP contribution in [-0.2, 0) is 0 Å². The predicted molar refractivity (Wildman–Crippen MR) is 170 cm³/mol. The third kappa shape index (κ3) is 3.98. The van der Waals surface area contributed by atoms with E-state index in [0.29, 0.717) is 0 Å². The van der Waals surface area contributed by atoms with Crippen LogP contribution >= 0.6 is 0 Å². The molecule has 3 heteroatoms. The van der Waals surface area contributed by atoms with Crippen LogP contribution in [0.1, 0.15) is 0 Å². The molecule has 41 heavy (non-hydrogen) atoms. The normalized spacial score (nSPS) is 11.4. The maximum absolute atomic E-state index is 5.02. The van der Waals surface area contributed by atoms with Gasteiger partial charge in [0.25, 0.3) is 0 Å². The van der Waals surface area contributed by atoms with Gasteiger partial charge in [0.15, 0.2) is 0 Å². The second kappa shape index (κ2) is 9.58. The van der Waals surface area contributed by atoms with Crippen LogP contribution in [0.4, 0.5) is 0 Å². The third-order valence-electron chi connectivity index (χ3n) is 7.85. The molecule has 0 N–H and O–H groups in total. The molecule has 0 spiro atoms. The second-order valence-corrected chi connectivity index (χ2v) is 10.3. The summed E-state index contributed by atoms with van der Waals surface area (Å²) in [5.74, 6) is 0.939. The minimum atomic E-state index is 0.939. The first-order chi connectivity index (χ1) is 20.3. The van der Waals surface area contributed by atoms with E-state index in [1.165, 1.54) is 33.0 Å². The maximum Gasteiger partial charge on any atom is 0.145 e. The van der Waals surface area contributed by atoms with Crippen LogP contribution in [0.2, 0.25) is 0 Å². The van der Waals surface area contributed by atoms with E-state index in [0.717, 1.165) is 39.0 Å². The molecule has 0 amide bonds. The molecule has 0 bridgehead atoms. The van der Waals surface area contributed by atoms with Crippen LogP contribution in [0.5, 0.6) is 0 Å². The Kier molecular flexibility index (Phi) is 5.46. The highest BCUT2D eigenvalue weighted by molar-refractivity contribution is 6.10. The Hall–Kier alpha value is -5.54. The Bertz CT molecular complexity index is 2190. The van der Waals surface area contributed by atoms with Crippen LogP contribution in [0, 0.1) is 0 Å². The summed E-state index contributed by atoms with van der Waals surface area (Å²) >= 11 is 0. The summed E-state index contributed by atoms with van der Waals surface area (Å²) in [4.78, 5) is 9.70. The minimum Gasteiger partial charge on any atom is -0.292 e. The molecule has 0 aliphatic rings. The maximum atomic E-state index is 5.02. The highest BCUT2D eigenvalue weighted by Crippen LogP contribution is 2.35. The van der Waals surface area contributed by atoms with E-state index < -0.39 is 0 Å². The first-order valence-corrected chi connectivity index (χ1v) is 13.8. The lowest BCUT2D eigenvalue weighted by molar-refractivity contribution is 1.10. The van der Waals surface area contributed by atoms with E-state index in [9.17, 15) is 0 Å². The van der Waals surface area contributed by atoms with E-state index in [1.807, 2.05) is 24.4 Å². The highest BCUT2D eigenvalue weighted by atomic mass is 15.1. The summed E-state index contributed by atoms with van der Waals surface area (Å²) in [7, 11) is 0. The molecule has 0 saturated carbocycles. The minimum absolute atomic E-state index is 0.939. The lowest BCUT2D eigenvalue weighted by Crippen LogP contribution is -1.97. The van der Waals surface area contributed by atoms with Crippen LogP contribution < -0.4 is 0 Å². The molecule has 0 atom stereocenters. The van der Waals surface area contributed by atoms with Crippen molar-refractivity contribution in [3.05, 3.63) is 152 Å². The van der Waals surface area contributed by atoms with Gasteiger partial charge in [0, 0.05) is 28.2 Å². The first kappa shape index (κ1) is 23.4. The van der Waals surface area contributed by atoms with E-state index in [1.54, 1.807) is 0 Å². The fourth-order valence-electron chi connectivity index (χ4n) is 5.89. The molecule has 0 fully saturated rings. The van der Waals surface area contributed by atoms with E-state index in [-0.39, 0.29) is 0 Å². The molecule has 2 heterocycles. The van der Waals surface area contributed by atoms with Gasteiger partial charge in [-0.1, -0.05) is 109 Å². The largest absolute Gasteiger partial charge is 0.292 e. The van der Waals surface area contributed by atoms with Gasteiger partial charge < -0.3 is 0 Å². The number of nitrogens with zero attached hydrogens (tertiary/aromatic N) is 3. The molecule has 2 aromatic heterocycles. The number of imidazole rings is 1. The zero-order valence-corrected chi connectivity index (χ0v) is 22.3. The van der Waals surface area contributed by atoms with Crippen LogP contribution in [-0.4, -0.2) is 14.5 Å². The molecule has 0 radical (unpaired) electrons. The summed E-state index contributed by atoms with van der Waals surface area (Å²) in [5.41, 5.74) is 10.1. The number of aromatic nitrogens is 3. The molecule has 0 aliphatic carbocycles. The summed E-state index contributed by atoms with van der Waals surface area (Å²) in [6.07, 6.45) is 1.87. The van der Waals surface area contributed by atoms with Gasteiger partial charge in [-0.05, 0) is 64.0 Å². The van der Waals surface area contributed by atoms with Gasteiger partial charge in [0.1, 0.15) is 5.82 Å². The van der Waals surface area contributed by atoms with Crippen molar-refractivity contribution in [3.8, 4) is 39.3 Å². The van der Waals surface area contributed by atoms with Gasteiger partial charge in [-0.3, -0.25) is 9.55 Å². The number of benzene rings is 6. The molecule has 8 aromatic rings. The van der Waals surface area contributed by atoms with Crippen LogP contribution in [0.15, 0.2) is 152 Å². The molecular weight excluding hydrogens is 498 g/mol. The van der Waals surface area contributed by atoms with Crippen molar-refractivity contribution in [1.82, 2.24) is 14.5 Å². The van der Waals surface area contributed by atoms with E-state index in [4.69, 9.17) is 4.98 Å². The van der Waals surface area contributed by atoms with Crippen molar-refractivity contribution in [2.75, 3.05) is 0 Å². The first-order valence-electron chi connectivity index (χ1n) is 13.8. The number of hydrogen-bond acceptors (Lipinski definition) is 2. The fraction of sp³-hybridized carbons (Fsp3) is 0. The number of rotatable bonds is 4. The Morgan fingerprint density at radius 1 is 0.488 bits per heavy atom. The monoisotopic (exact) mass is 523 g/mol. The molecule has 0 saturated heterocycles. The highest BCUT2D eigenvalue weighted by Gasteiger charge is 2.14. The second-order valence-electron chi connectivity index (χ2n) is 10.3. The quantitative estimate of drug-likeness (QED) is 0.215. The molecule has 8 rings (SSSR count). The lowest BCUT2D eigenvalue weighted by Gasteiger charge is -2.12. The van der Waals surface area contributed by atoms with E-state index >= 15 is 0 Å². The van der Waals surface area contributed by atoms with E-state index in [2.05, 4.69) is 137 Å². The zero-order valence-electron chi connectivity index (χ0n) is 22.3. The Morgan fingerprint density at radius 3 is 2.17 bits per heavy atom. The SMILES string of the molecule is c1ccc(-n2c(-c3ccc(-c4cccc(-c5cccc6c5ccc5cccnc56)c4)cc3)nc3ccccc32)cc1. The Morgan fingerprint density at radius 2 is 1.27 bits per heavy atom. The average molecular weight is 524 g/mol.